The smallest absolute Gasteiger partial charge is 0.226 e. The van der Waals surface area contributed by atoms with Crippen LogP contribution < -0.4 is 10.2 Å². The van der Waals surface area contributed by atoms with Gasteiger partial charge in [-0.2, -0.15) is 5.10 Å². The molecule has 1 atom stereocenters. The Morgan fingerprint density at radius 1 is 1.53 bits per heavy atom. The van der Waals surface area contributed by atoms with E-state index < -0.39 is 0 Å². The summed E-state index contributed by atoms with van der Waals surface area (Å²) < 4.78 is 2.01. The number of hydrogen-bond acceptors (Lipinski definition) is 3. The molecule has 2 aliphatic rings. The molecule has 1 fully saturated rings. The molecule has 0 aliphatic carbocycles. The fourth-order valence-corrected chi connectivity index (χ4v) is 2.96. The molecule has 0 saturated carbocycles. The third-order valence-corrected chi connectivity index (χ3v) is 3.73. The maximum absolute atomic E-state index is 11.9. The number of nitrogens with one attached hydrogen (secondary N) is 1. The maximum atomic E-state index is 11.9. The molecule has 1 unspecified atom stereocenters. The Bertz CT molecular complexity index is 465. The van der Waals surface area contributed by atoms with Crippen molar-refractivity contribution in [2.75, 3.05) is 16.8 Å². The molecule has 0 bridgehead atoms. The van der Waals surface area contributed by atoms with Gasteiger partial charge in [-0.25, -0.2) is 4.68 Å². The minimum absolute atomic E-state index is 0.124. The molecule has 0 spiro atoms. The molecule has 1 amide bonds. The van der Waals surface area contributed by atoms with Crippen LogP contribution in [0.4, 0.5) is 11.5 Å². The van der Waals surface area contributed by atoms with Crippen molar-refractivity contribution < 1.29 is 4.79 Å². The summed E-state index contributed by atoms with van der Waals surface area (Å²) in [5.41, 5.74) is 1.84. The van der Waals surface area contributed by atoms with Crippen LogP contribution in [0.2, 0.25) is 0 Å². The van der Waals surface area contributed by atoms with Crippen LogP contribution in [0.25, 0.3) is 0 Å². The summed E-state index contributed by atoms with van der Waals surface area (Å²) in [4.78, 5) is 14.2. The first kappa shape index (κ1) is 10.6. The first-order chi connectivity index (χ1) is 8.20. The summed E-state index contributed by atoms with van der Waals surface area (Å²) in [5.74, 6) is 1.23. The Kier molecular flexibility index (Phi) is 2.34. The zero-order chi connectivity index (χ0) is 12.0. The number of nitrogens with zero attached hydrogens (tertiary/aromatic N) is 3. The van der Waals surface area contributed by atoms with Crippen molar-refractivity contribution in [3.8, 4) is 0 Å². The summed E-state index contributed by atoms with van der Waals surface area (Å²) in [6, 6.07) is 0.359. The summed E-state index contributed by atoms with van der Waals surface area (Å²) >= 11 is 0. The van der Waals surface area contributed by atoms with Crippen LogP contribution in [0.5, 0.6) is 0 Å². The lowest BCUT2D eigenvalue weighted by molar-refractivity contribution is -0.116. The fourth-order valence-electron chi connectivity index (χ4n) is 2.96. The Balaban J connectivity index is 2.14. The lowest BCUT2D eigenvalue weighted by Crippen LogP contribution is -2.31. The number of carbonyl (C=O) groups excluding carboxylic acids is 1. The largest absolute Gasteiger partial charge is 0.352 e. The lowest BCUT2D eigenvalue weighted by atomic mass is 10.1. The monoisotopic (exact) mass is 234 g/mol. The summed E-state index contributed by atoms with van der Waals surface area (Å²) in [5, 5.41) is 7.52. The van der Waals surface area contributed by atoms with Crippen LogP contribution in [-0.2, 0) is 11.3 Å². The van der Waals surface area contributed by atoms with E-state index in [1.165, 1.54) is 6.42 Å². The molecule has 5 heteroatoms. The van der Waals surface area contributed by atoms with Gasteiger partial charge in [0.05, 0.1) is 5.69 Å². The van der Waals surface area contributed by atoms with E-state index >= 15 is 0 Å². The highest BCUT2D eigenvalue weighted by atomic mass is 16.1. The van der Waals surface area contributed by atoms with Gasteiger partial charge in [0.25, 0.3) is 0 Å². The predicted molar refractivity (Wildman–Crippen MR) is 66.3 cm³/mol. The number of rotatable bonds is 1. The molecule has 1 aromatic heterocycles. The van der Waals surface area contributed by atoms with Gasteiger partial charge in [0.2, 0.25) is 5.91 Å². The van der Waals surface area contributed by atoms with Crippen LogP contribution in [-0.4, -0.2) is 28.3 Å². The maximum Gasteiger partial charge on any atom is 0.226 e. The van der Waals surface area contributed by atoms with Gasteiger partial charge in [-0.15, -0.1) is 0 Å². The van der Waals surface area contributed by atoms with Crippen LogP contribution in [0.1, 0.15) is 31.9 Å². The second kappa shape index (κ2) is 3.75. The van der Waals surface area contributed by atoms with E-state index in [4.69, 9.17) is 0 Å². The normalized spacial score (nSPS) is 23.1. The van der Waals surface area contributed by atoms with E-state index in [-0.39, 0.29) is 5.91 Å². The average molecular weight is 234 g/mol. The molecule has 92 valence electrons. The quantitative estimate of drug-likeness (QED) is 0.801. The minimum atomic E-state index is 0.124. The van der Waals surface area contributed by atoms with Crippen LogP contribution in [0, 0.1) is 6.92 Å². The SMILES string of the molecule is CCn1nc(C)c2c1N1CCCC1CC(=O)N2. The molecule has 3 heterocycles. The van der Waals surface area contributed by atoms with Crippen molar-refractivity contribution in [3.05, 3.63) is 5.69 Å². The second-order valence-electron chi connectivity index (χ2n) is 4.84. The minimum Gasteiger partial charge on any atom is -0.352 e. The van der Waals surface area contributed by atoms with E-state index in [0.29, 0.717) is 12.5 Å². The van der Waals surface area contributed by atoms with Crippen molar-refractivity contribution >= 4 is 17.4 Å². The molecule has 3 rings (SSSR count). The summed E-state index contributed by atoms with van der Waals surface area (Å²) in [6.45, 7) is 5.93. The van der Waals surface area contributed by atoms with Gasteiger partial charge in [-0.05, 0) is 26.7 Å². The van der Waals surface area contributed by atoms with Crippen LogP contribution in [0.15, 0.2) is 0 Å². The van der Waals surface area contributed by atoms with E-state index in [1.54, 1.807) is 0 Å². The molecule has 2 aliphatic heterocycles. The van der Waals surface area contributed by atoms with Gasteiger partial charge in [-0.1, -0.05) is 0 Å². The van der Waals surface area contributed by atoms with Crippen molar-refractivity contribution in [1.82, 2.24) is 9.78 Å². The van der Waals surface area contributed by atoms with E-state index in [0.717, 1.165) is 36.7 Å². The van der Waals surface area contributed by atoms with E-state index in [9.17, 15) is 4.79 Å². The Morgan fingerprint density at radius 3 is 3.12 bits per heavy atom. The van der Waals surface area contributed by atoms with Gasteiger partial charge in [0.15, 0.2) is 5.82 Å². The molecule has 1 saturated heterocycles. The van der Waals surface area contributed by atoms with Crippen molar-refractivity contribution in [1.29, 1.82) is 0 Å². The molecule has 0 radical (unpaired) electrons. The van der Waals surface area contributed by atoms with Gasteiger partial charge in [0.1, 0.15) is 5.69 Å². The third kappa shape index (κ3) is 1.52. The zero-order valence-corrected chi connectivity index (χ0v) is 10.4. The van der Waals surface area contributed by atoms with Crippen molar-refractivity contribution in [2.45, 2.75) is 45.7 Å². The second-order valence-corrected chi connectivity index (χ2v) is 4.84. The first-order valence-corrected chi connectivity index (χ1v) is 6.34. The fraction of sp³-hybridized carbons (Fsp3) is 0.667. The summed E-state index contributed by atoms with van der Waals surface area (Å²) in [7, 11) is 0. The van der Waals surface area contributed by atoms with Crippen molar-refractivity contribution in [2.24, 2.45) is 0 Å². The highest BCUT2D eigenvalue weighted by Crippen LogP contribution is 2.37. The topological polar surface area (TPSA) is 50.2 Å². The predicted octanol–water partition coefficient (Wildman–Crippen LogP) is 1.52. The average Bonchev–Trinajstić information content (AvgIpc) is 2.81. The highest BCUT2D eigenvalue weighted by molar-refractivity contribution is 5.97. The Hall–Kier alpha value is -1.52. The van der Waals surface area contributed by atoms with Gasteiger partial charge in [-0.3, -0.25) is 4.79 Å². The van der Waals surface area contributed by atoms with E-state index in [1.807, 2.05) is 11.6 Å². The number of amides is 1. The van der Waals surface area contributed by atoms with Gasteiger partial charge < -0.3 is 10.2 Å². The van der Waals surface area contributed by atoms with E-state index in [2.05, 4.69) is 22.2 Å². The zero-order valence-electron chi connectivity index (χ0n) is 10.4. The molecular formula is C12H18N4O. The van der Waals surface area contributed by atoms with Crippen LogP contribution >= 0.6 is 0 Å². The number of aromatic nitrogens is 2. The molecule has 5 nitrogen and oxygen atoms in total. The standard InChI is InChI=1S/C12H18N4O/c1-3-16-12-11(8(2)14-16)13-10(17)7-9-5-4-6-15(9)12/h9H,3-7H2,1-2H3,(H,13,17). The van der Waals surface area contributed by atoms with Gasteiger partial charge >= 0.3 is 0 Å². The molecule has 17 heavy (non-hydrogen) atoms. The highest BCUT2D eigenvalue weighted by Gasteiger charge is 2.35. The molecular weight excluding hydrogens is 216 g/mol. The van der Waals surface area contributed by atoms with Gasteiger partial charge in [0, 0.05) is 25.6 Å². The molecule has 1 N–H and O–H groups in total. The number of carbonyl (C=O) groups is 1. The molecule has 1 aromatic rings. The number of aryl methyl sites for hydroxylation is 2. The number of hydrogen-bond donors (Lipinski definition) is 1. The summed E-state index contributed by atoms with van der Waals surface area (Å²) in [6.07, 6.45) is 2.89. The Morgan fingerprint density at radius 2 is 2.35 bits per heavy atom. The third-order valence-electron chi connectivity index (χ3n) is 3.73. The Labute approximate surface area is 101 Å². The van der Waals surface area contributed by atoms with Crippen molar-refractivity contribution in [3.63, 3.8) is 0 Å². The lowest BCUT2D eigenvalue weighted by Gasteiger charge is -2.24. The molecule has 0 aromatic carbocycles. The van der Waals surface area contributed by atoms with Crippen LogP contribution in [0.3, 0.4) is 0 Å². The number of anilines is 2. The first-order valence-electron chi connectivity index (χ1n) is 6.34. The number of fused-ring (bicyclic) bond motifs is 3.